The van der Waals surface area contributed by atoms with Crippen LogP contribution in [0, 0.1) is 5.82 Å². The molecule has 1 heterocycles. The highest BCUT2D eigenvalue weighted by Crippen LogP contribution is 2.23. The lowest BCUT2D eigenvalue weighted by Crippen LogP contribution is -2.37. The molecule has 0 fully saturated rings. The monoisotopic (exact) mass is 393 g/mol. The van der Waals surface area contributed by atoms with Crippen molar-refractivity contribution in [3.05, 3.63) is 84.4 Å². The minimum Gasteiger partial charge on any atom is -0.457 e. The van der Waals surface area contributed by atoms with Gasteiger partial charge in [-0.1, -0.05) is 13.0 Å². The van der Waals surface area contributed by atoms with Gasteiger partial charge in [-0.2, -0.15) is 0 Å². The number of anilines is 1. The van der Waals surface area contributed by atoms with Crippen molar-refractivity contribution in [2.45, 2.75) is 19.4 Å². The number of carbonyl (C=O) groups is 2. The molecule has 29 heavy (non-hydrogen) atoms. The number of ether oxygens (including phenoxy) is 1. The molecule has 148 valence electrons. The molecule has 3 aromatic rings. The van der Waals surface area contributed by atoms with Crippen LogP contribution in [0.5, 0.6) is 11.5 Å². The predicted octanol–water partition coefficient (Wildman–Crippen LogP) is 4.22. The third-order valence-electron chi connectivity index (χ3n) is 4.17. The van der Waals surface area contributed by atoms with Crippen molar-refractivity contribution in [1.29, 1.82) is 0 Å². The third-order valence-corrected chi connectivity index (χ3v) is 4.17. The predicted molar refractivity (Wildman–Crippen MR) is 107 cm³/mol. The number of carbonyl (C=O) groups excluding carboxylic acids is 2. The van der Waals surface area contributed by atoms with Crippen molar-refractivity contribution in [2.75, 3.05) is 5.32 Å². The molecular weight excluding hydrogens is 373 g/mol. The van der Waals surface area contributed by atoms with E-state index >= 15 is 0 Å². The van der Waals surface area contributed by atoms with E-state index in [1.165, 1.54) is 12.1 Å². The standard InChI is InChI=1S/C22H20FN3O3/c1-2-20(15-10-12-24-13-11-15)26-22(28)21(27)25-17-6-8-18(9-7-17)29-19-5-3-4-16(23)14-19/h3-14,20H,2H2,1H3,(H,25,27)(H,26,28)/t20-/m1/s1. The molecule has 1 atom stereocenters. The summed E-state index contributed by atoms with van der Waals surface area (Å²) >= 11 is 0. The summed E-state index contributed by atoms with van der Waals surface area (Å²) in [6, 6.07) is 15.5. The average Bonchev–Trinajstić information content (AvgIpc) is 2.74. The zero-order chi connectivity index (χ0) is 20.6. The average molecular weight is 393 g/mol. The summed E-state index contributed by atoms with van der Waals surface area (Å²) in [4.78, 5) is 28.4. The molecule has 0 aliphatic rings. The van der Waals surface area contributed by atoms with E-state index in [9.17, 15) is 14.0 Å². The Morgan fingerprint density at radius 1 is 1.00 bits per heavy atom. The van der Waals surface area contributed by atoms with E-state index < -0.39 is 17.6 Å². The van der Waals surface area contributed by atoms with E-state index in [4.69, 9.17) is 4.74 Å². The lowest BCUT2D eigenvalue weighted by atomic mass is 10.1. The zero-order valence-electron chi connectivity index (χ0n) is 15.8. The Labute approximate surface area is 167 Å². The molecular formula is C22H20FN3O3. The number of benzene rings is 2. The van der Waals surface area contributed by atoms with E-state index in [2.05, 4.69) is 15.6 Å². The highest BCUT2D eigenvalue weighted by Gasteiger charge is 2.19. The van der Waals surface area contributed by atoms with Crippen molar-refractivity contribution < 1.29 is 18.7 Å². The largest absolute Gasteiger partial charge is 0.457 e. The molecule has 0 bridgehead atoms. The minimum absolute atomic E-state index is 0.279. The molecule has 1 aromatic heterocycles. The van der Waals surface area contributed by atoms with Crippen LogP contribution in [0.15, 0.2) is 73.1 Å². The molecule has 0 saturated carbocycles. The maximum atomic E-state index is 13.2. The Balaban J connectivity index is 1.57. The van der Waals surface area contributed by atoms with Gasteiger partial charge in [-0.3, -0.25) is 14.6 Å². The SMILES string of the molecule is CC[C@@H](NC(=O)C(=O)Nc1ccc(Oc2cccc(F)c2)cc1)c1ccncc1. The number of halogens is 1. The van der Waals surface area contributed by atoms with Crippen LogP contribution in [0.2, 0.25) is 0 Å². The van der Waals surface area contributed by atoms with E-state index in [1.54, 1.807) is 60.9 Å². The summed E-state index contributed by atoms with van der Waals surface area (Å²) in [5, 5.41) is 5.26. The molecule has 0 saturated heterocycles. The topological polar surface area (TPSA) is 80.3 Å². The minimum atomic E-state index is -0.767. The van der Waals surface area contributed by atoms with Crippen molar-refractivity contribution in [1.82, 2.24) is 10.3 Å². The molecule has 0 aliphatic carbocycles. The van der Waals surface area contributed by atoms with Crippen molar-refractivity contribution in [2.24, 2.45) is 0 Å². The fourth-order valence-electron chi connectivity index (χ4n) is 2.70. The Morgan fingerprint density at radius 3 is 2.38 bits per heavy atom. The quantitative estimate of drug-likeness (QED) is 0.615. The van der Waals surface area contributed by atoms with Crippen LogP contribution in [0.4, 0.5) is 10.1 Å². The molecule has 0 aliphatic heterocycles. The van der Waals surface area contributed by atoms with Gasteiger partial charge in [0.25, 0.3) is 0 Å². The molecule has 3 rings (SSSR count). The Morgan fingerprint density at radius 2 is 1.72 bits per heavy atom. The van der Waals surface area contributed by atoms with E-state index in [1.807, 2.05) is 6.92 Å². The van der Waals surface area contributed by atoms with Gasteiger partial charge in [0, 0.05) is 24.1 Å². The molecule has 0 unspecified atom stereocenters. The first kappa shape index (κ1) is 20.0. The first-order chi connectivity index (χ1) is 14.0. The molecule has 2 N–H and O–H groups in total. The smallest absolute Gasteiger partial charge is 0.313 e. The van der Waals surface area contributed by atoms with E-state index in [0.29, 0.717) is 23.6 Å². The molecule has 2 aromatic carbocycles. The van der Waals surface area contributed by atoms with Gasteiger partial charge in [0.15, 0.2) is 0 Å². The molecule has 6 nitrogen and oxygen atoms in total. The number of aromatic nitrogens is 1. The van der Waals surface area contributed by atoms with E-state index in [-0.39, 0.29) is 6.04 Å². The van der Waals surface area contributed by atoms with E-state index in [0.717, 1.165) is 5.56 Å². The summed E-state index contributed by atoms with van der Waals surface area (Å²) in [5.41, 5.74) is 1.32. The summed E-state index contributed by atoms with van der Waals surface area (Å²) in [7, 11) is 0. The summed E-state index contributed by atoms with van der Waals surface area (Å²) < 4.78 is 18.8. The van der Waals surface area contributed by atoms with Crippen molar-refractivity contribution in [3.63, 3.8) is 0 Å². The van der Waals surface area contributed by atoms with Gasteiger partial charge < -0.3 is 15.4 Å². The van der Waals surface area contributed by atoms with Gasteiger partial charge in [0.05, 0.1) is 6.04 Å². The third kappa shape index (κ3) is 5.62. The number of rotatable bonds is 6. The summed E-state index contributed by atoms with van der Waals surface area (Å²) in [5.74, 6) is -1.05. The molecule has 0 radical (unpaired) electrons. The highest BCUT2D eigenvalue weighted by atomic mass is 19.1. The number of amides is 2. The summed E-state index contributed by atoms with van der Waals surface area (Å²) in [6.45, 7) is 1.92. The first-order valence-electron chi connectivity index (χ1n) is 9.10. The molecule has 0 spiro atoms. The van der Waals surface area contributed by atoms with Crippen LogP contribution < -0.4 is 15.4 Å². The second kappa shape index (κ2) is 9.45. The second-order valence-corrected chi connectivity index (χ2v) is 6.25. The lowest BCUT2D eigenvalue weighted by Gasteiger charge is -2.17. The Hall–Kier alpha value is -3.74. The van der Waals surface area contributed by atoms with Crippen LogP contribution in [0.3, 0.4) is 0 Å². The fourth-order valence-corrected chi connectivity index (χ4v) is 2.70. The van der Waals surface area contributed by atoms with Gasteiger partial charge in [0.2, 0.25) is 0 Å². The maximum absolute atomic E-state index is 13.2. The first-order valence-corrected chi connectivity index (χ1v) is 9.10. The summed E-state index contributed by atoms with van der Waals surface area (Å²) in [6.07, 6.45) is 3.91. The Bertz CT molecular complexity index is 978. The fraction of sp³-hybridized carbons (Fsp3) is 0.136. The van der Waals surface area contributed by atoms with Gasteiger partial charge >= 0.3 is 11.8 Å². The number of hydrogen-bond donors (Lipinski definition) is 2. The lowest BCUT2D eigenvalue weighted by molar-refractivity contribution is -0.136. The van der Waals surface area contributed by atoms with Crippen molar-refractivity contribution >= 4 is 17.5 Å². The van der Waals surface area contributed by atoms with Crippen LogP contribution in [-0.4, -0.2) is 16.8 Å². The normalized spacial score (nSPS) is 11.4. The Kier molecular flexibility index (Phi) is 6.52. The van der Waals surface area contributed by atoms with Crippen molar-refractivity contribution in [3.8, 4) is 11.5 Å². The maximum Gasteiger partial charge on any atom is 0.313 e. The van der Waals surface area contributed by atoms with Crippen LogP contribution in [-0.2, 0) is 9.59 Å². The molecule has 2 amide bonds. The number of hydrogen-bond acceptors (Lipinski definition) is 4. The molecule has 7 heteroatoms. The zero-order valence-corrected chi connectivity index (χ0v) is 15.8. The number of nitrogens with zero attached hydrogens (tertiary/aromatic N) is 1. The van der Waals surface area contributed by atoms with Crippen LogP contribution in [0.1, 0.15) is 24.9 Å². The van der Waals surface area contributed by atoms with Crippen LogP contribution >= 0.6 is 0 Å². The van der Waals surface area contributed by atoms with Gasteiger partial charge in [-0.05, 0) is 60.5 Å². The second-order valence-electron chi connectivity index (χ2n) is 6.25. The van der Waals surface area contributed by atoms with Crippen LogP contribution in [0.25, 0.3) is 0 Å². The van der Waals surface area contributed by atoms with Gasteiger partial charge in [0.1, 0.15) is 17.3 Å². The van der Waals surface area contributed by atoms with Gasteiger partial charge in [-0.25, -0.2) is 4.39 Å². The van der Waals surface area contributed by atoms with Gasteiger partial charge in [-0.15, -0.1) is 0 Å². The number of nitrogens with one attached hydrogen (secondary N) is 2. The number of pyridine rings is 1. The highest BCUT2D eigenvalue weighted by molar-refractivity contribution is 6.39.